The Bertz CT molecular complexity index is 779. The topological polar surface area (TPSA) is 64.3 Å². The van der Waals surface area contributed by atoms with E-state index in [1.807, 2.05) is 6.07 Å². The number of benzene rings is 2. The monoisotopic (exact) mass is 336 g/mol. The van der Waals surface area contributed by atoms with Crippen molar-refractivity contribution in [2.24, 2.45) is 5.73 Å². The predicted octanol–water partition coefficient (Wildman–Crippen LogP) is 3.75. The summed E-state index contributed by atoms with van der Waals surface area (Å²) in [6.07, 6.45) is 4.39. The number of hydrogen-bond donors (Lipinski definition) is 2. The highest BCUT2D eigenvalue weighted by atomic mass is 16.5. The highest BCUT2D eigenvalue weighted by molar-refractivity contribution is 5.78. The third-order valence-corrected chi connectivity index (χ3v) is 5.40. The molecule has 0 saturated heterocycles. The van der Waals surface area contributed by atoms with Gasteiger partial charge in [-0.1, -0.05) is 42.5 Å². The van der Waals surface area contributed by atoms with Crippen LogP contribution < -0.4 is 11.1 Å². The summed E-state index contributed by atoms with van der Waals surface area (Å²) in [5.41, 5.74) is 12.2. The lowest BCUT2D eigenvalue weighted by Gasteiger charge is -2.26. The maximum absolute atomic E-state index is 12.1. The van der Waals surface area contributed by atoms with E-state index in [1.54, 1.807) is 0 Å². The van der Waals surface area contributed by atoms with Crippen LogP contribution in [0.5, 0.6) is 0 Å². The Labute approximate surface area is 148 Å². The molecule has 4 heteroatoms. The van der Waals surface area contributed by atoms with Gasteiger partial charge in [-0.15, -0.1) is 0 Å². The van der Waals surface area contributed by atoms with Gasteiger partial charge in [0, 0.05) is 12.1 Å². The Hall–Kier alpha value is -2.33. The van der Waals surface area contributed by atoms with Gasteiger partial charge in [-0.05, 0) is 59.9 Å². The van der Waals surface area contributed by atoms with Crippen LogP contribution in [0.4, 0.5) is 4.79 Å². The summed E-state index contributed by atoms with van der Waals surface area (Å²) in [5.74, 6) is 0. The van der Waals surface area contributed by atoms with Gasteiger partial charge in [-0.2, -0.15) is 0 Å². The summed E-state index contributed by atoms with van der Waals surface area (Å²) in [6, 6.07) is 15.2. The van der Waals surface area contributed by atoms with Crippen molar-refractivity contribution >= 4 is 6.09 Å². The molecule has 2 aliphatic carbocycles. The minimum atomic E-state index is -0.325. The number of nitrogens with one attached hydrogen (secondary N) is 1. The quantitative estimate of drug-likeness (QED) is 0.765. The molecule has 0 unspecified atom stereocenters. The fourth-order valence-corrected chi connectivity index (χ4v) is 3.97. The average molecular weight is 336 g/mol. The highest BCUT2D eigenvalue weighted by Gasteiger charge is 2.22. The SMILES string of the molecule is N[C@H]1CC[C@@H](NC(=O)OCc2cccc3c2Cc2ccccc2-3)CC1. The first-order valence-electron chi connectivity index (χ1n) is 9.08. The van der Waals surface area contributed by atoms with E-state index in [9.17, 15) is 4.79 Å². The molecule has 1 saturated carbocycles. The minimum absolute atomic E-state index is 0.193. The molecule has 3 N–H and O–H groups in total. The van der Waals surface area contributed by atoms with E-state index < -0.39 is 0 Å². The fourth-order valence-electron chi connectivity index (χ4n) is 3.97. The number of rotatable bonds is 3. The molecular weight excluding hydrogens is 312 g/mol. The Kier molecular flexibility index (Phi) is 4.45. The van der Waals surface area contributed by atoms with E-state index in [4.69, 9.17) is 10.5 Å². The van der Waals surface area contributed by atoms with E-state index >= 15 is 0 Å². The number of nitrogens with two attached hydrogens (primary N) is 1. The van der Waals surface area contributed by atoms with Crippen molar-refractivity contribution in [3.05, 3.63) is 59.2 Å². The summed E-state index contributed by atoms with van der Waals surface area (Å²) in [6.45, 7) is 0.315. The molecule has 0 bridgehead atoms. The van der Waals surface area contributed by atoms with Crippen LogP contribution in [-0.4, -0.2) is 18.2 Å². The molecule has 4 nitrogen and oxygen atoms in total. The van der Waals surface area contributed by atoms with Crippen molar-refractivity contribution < 1.29 is 9.53 Å². The van der Waals surface area contributed by atoms with Crippen molar-refractivity contribution in [1.29, 1.82) is 0 Å². The van der Waals surface area contributed by atoms with Gasteiger partial charge in [0.1, 0.15) is 6.61 Å². The summed E-state index contributed by atoms with van der Waals surface area (Å²) in [5, 5.41) is 2.98. The van der Waals surface area contributed by atoms with Crippen molar-refractivity contribution in [3.8, 4) is 11.1 Å². The normalized spacial score (nSPS) is 21.3. The fraction of sp³-hybridized carbons (Fsp3) is 0.381. The van der Waals surface area contributed by atoms with Crippen molar-refractivity contribution in [1.82, 2.24) is 5.32 Å². The molecular formula is C21H24N2O2. The van der Waals surface area contributed by atoms with Crippen LogP contribution in [0.3, 0.4) is 0 Å². The highest BCUT2D eigenvalue weighted by Crippen LogP contribution is 2.38. The third kappa shape index (κ3) is 3.40. The summed E-state index contributed by atoms with van der Waals surface area (Å²) >= 11 is 0. The third-order valence-electron chi connectivity index (χ3n) is 5.40. The lowest BCUT2D eigenvalue weighted by molar-refractivity contribution is 0.132. The largest absolute Gasteiger partial charge is 0.445 e. The van der Waals surface area contributed by atoms with E-state index in [1.165, 1.54) is 22.3 Å². The summed E-state index contributed by atoms with van der Waals surface area (Å²) < 4.78 is 5.50. The molecule has 2 aromatic rings. The second-order valence-corrected chi connectivity index (χ2v) is 7.11. The molecule has 130 valence electrons. The number of carbonyl (C=O) groups is 1. The van der Waals surface area contributed by atoms with Crippen LogP contribution in [-0.2, 0) is 17.8 Å². The molecule has 1 fully saturated rings. The van der Waals surface area contributed by atoms with Crippen LogP contribution in [0.2, 0.25) is 0 Å². The molecule has 0 aromatic heterocycles. The van der Waals surface area contributed by atoms with Gasteiger partial charge in [0.25, 0.3) is 0 Å². The number of carbonyl (C=O) groups excluding carboxylic acids is 1. The van der Waals surface area contributed by atoms with Crippen LogP contribution >= 0.6 is 0 Å². The molecule has 25 heavy (non-hydrogen) atoms. The van der Waals surface area contributed by atoms with Crippen LogP contribution in [0.15, 0.2) is 42.5 Å². The van der Waals surface area contributed by atoms with E-state index in [-0.39, 0.29) is 18.2 Å². The Morgan fingerprint density at radius 2 is 1.80 bits per heavy atom. The Morgan fingerprint density at radius 1 is 1.04 bits per heavy atom. The first-order chi connectivity index (χ1) is 12.2. The van der Waals surface area contributed by atoms with Crippen LogP contribution in [0.25, 0.3) is 11.1 Å². The number of ether oxygens (including phenoxy) is 1. The van der Waals surface area contributed by atoms with Gasteiger partial charge in [-0.25, -0.2) is 4.79 Å². The summed E-state index contributed by atoms with van der Waals surface area (Å²) in [7, 11) is 0. The maximum atomic E-state index is 12.1. The van der Waals surface area contributed by atoms with E-state index in [0.717, 1.165) is 37.7 Å². The molecule has 0 heterocycles. The molecule has 2 aromatic carbocycles. The molecule has 0 atom stereocenters. The first kappa shape index (κ1) is 16.2. The molecule has 0 radical (unpaired) electrons. The van der Waals surface area contributed by atoms with Gasteiger partial charge < -0.3 is 15.8 Å². The molecule has 1 amide bonds. The lowest BCUT2D eigenvalue weighted by atomic mass is 9.92. The standard InChI is InChI=1S/C21H24N2O2/c22-16-8-10-17(11-9-16)23-21(24)25-13-15-5-3-7-19-18-6-2-1-4-14(18)12-20(15)19/h1-7,16-17H,8-13,22H2,(H,23,24)/t16-,17+. The van der Waals surface area contributed by atoms with E-state index in [2.05, 4.69) is 41.7 Å². The van der Waals surface area contributed by atoms with E-state index in [0.29, 0.717) is 6.61 Å². The molecule has 2 aliphatic rings. The maximum Gasteiger partial charge on any atom is 0.407 e. The molecule has 0 spiro atoms. The lowest BCUT2D eigenvalue weighted by Crippen LogP contribution is -2.40. The molecule has 4 rings (SSSR count). The van der Waals surface area contributed by atoms with Crippen LogP contribution in [0.1, 0.15) is 42.4 Å². The zero-order valence-electron chi connectivity index (χ0n) is 14.3. The van der Waals surface area contributed by atoms with Crippen molar-refractivity contribution in [2.75, 3.05) is 0 Å². The van der Waals surface area contributed by atoms with Gasteiger partial charge >= 0.3 is 6.09 Å². The smallest absolute Gasteiger partial charge is 0.407 e. The summed E-state index contributed by atoms with van der Waals surface area (Å²) in [4.78, 5) is 12.1. The minimum Gasteiger partial charge on any atom is -0.445 e. The molecule has 0 aliphatic heterocycles. The Balaban J connectivity index is 1.39. The average Bonchev–Trinajstić information content (AvgIpc) is 3.01. The van der Waals surface area contributed by atoms with Crippen molar-refractivity contribution in [3.63, 3.8) is 0 Å². The van der Waals surface area contributed by atoms with Crippen LogP contribution in [0, 0.1) is 0 Å². The van der Waals surface area contributed by atoms with Gasteiger partial charge in [-0.3, -0.25) is 0 Å². The number of alkyl carbamates (subject to hydrolysis) is 1. The zero-order chi connectivity index (χ0) is 17.2. The van der Waals surface area contributed by atoms with Gasteiger partial charge in [0.15, 0.2) is 0 Å². The number of fused-ring (bicyclic) bond motifs is 3. The second kappa shape index (κ2) is 6.89. The first-order valence-corrected chi connectivity index (χ1v) is 9.08. The number of hydrogen-bond acceptors (Lipinski definition) is 3. The number of amides is 1. The second-order valence-electron chi connectivity index (χ2n) is 7.11. The zero-order valence-corrected chi connectivity index (χ0v) is 14.3. The predicted molar refractivity (Wildman–Crippen MR) is 98.2 cm³/mol. The van der Waals surface area contributed by atoms with Gasteiger partial charge in [0.2, 0.25) is 0 Å². The van der Waals surface area contributed by atoms with Crippen molar-refractivity contribution in [2.45, 2.75) is 50.8 Å². The van der Waals surface area contributed by atoms with Gasteiger partial charge in [0.05, 0.1) is 0 Å². The Morgan fingerprint density at radius 3 is 2.64 bits per heavy atom.